The molecule has 2 rings (SSSR count). The molecule has 2 N–H and O–H groups in total. The van der Waals surface area contributed by atoms with Gasteiger partial charge in [0.2, 0.25) is 5.91 Å². The Hall–Kier alpha value is -2.24. The molecule has 1 fully saturated rings. The Kier molecular flexibility index (Phi) is 8.09. The standard InChI is InChI=1S/C19H31N5O/c1-3-20-19(22-16-18(25)24-14-7-8-15-24)21-12-9-13-23(2)17-10-5-4-6-11-17/h4-6,10-11H,3,7-9,12-16H2,1-2H3,(H2,20,21,22). The number of hydrogen-bond donors (Lipinski definition) is 2. The van der Waals surface area contributed by atoms with E-state index < -0.39 is 0 Å². The fourth-order valence-electron chi connectivity index (χ4n) is 2.89. The third-order valence-corrected chi connectivity index (χ3v) is 4.34. The summed E-state index contributed by atoms with van der Waals surface area (Å²) in [6, 6.07) is 10.4. The van der Waals surface area contributed by atoms with Gasteiger partial charge in [0.25, 0.3) is 0 Å². The van der Waals surface area contributed by atoms with Crippen molar-refractivity contribution in [1.29, 1.82) is 0 Å². The van der Waals surface area contributed by atoms with Crippen molar-refractivity contribution in [3.63, 3.8) is 0 Å². The molecule has 1 heterocycles. The second-order valence-electron chi connectivity index (χ2n) is 6.32. The van der Waals surface area contributed by atoms with Gasteiger partial charge in [0.05, 0.1) is 0 Å². The molecule has 0 bridgehead atoms. The number of rotatable bonds is 8. The summed E-state index contributed by atoms with van der Waals surface area (Å²) >= 11 is 0. The zero-order chi connectivity index (χ0) is 17.9. The van der Waals surface area contributed by atoms with Crippen molar-refractivity contribution in [1.82, 2.24) is 15.5 Å². The summed E-state index contributed by atoms with van der Waals surface area (Å²) in [6.07, 6.45) is 3.22. The third kappa shape index (κ3) is 6.64. The first-order chi connectivity index (χ1) is 12.2. The number of amides is 1. The maximum atomic E-state index is 12.1. The normalized spacial score (nSPS) is 14.5. The number of anilines is 1. The molecular weight excluding hydrogens is 314 g/mol. The summed E-state index contributed by atoms with van der Waals surface area (Å²) < 4.78 is 0. The van der Waals surface area contributed by atoms with Crippen LogP contribution in [0.15, 0.2) is 35.3 Å². The van der Waals surface area contributed by atoms with Crippen LogP contribution in [0.3, 0.4) is 0 Å². The highest BCUT2D eigenvalue weighted by Gasteiger charge is 2.17. The predicted octanol–water partition coefficient (Wildman–Crippen LogP) is 1.69. The zero-order valence-corrected chi connectivity index (χ0v) is 15.5. The Bertz CT molecular complexity index is 540. The largest absolute Gasteiger partial charge is 0.375 e. The topological polar surface area (TPSA) is 60.0 Å². The Morgan fingerprint density at radius 2 is 1.92 bits per heavy atom. The summed E-state index contributed by atoms with van der Waals surface area (Å²) in [6.45, 7) is 6.58. The maximum Gasteiger partial charge on any atom is 0.244 e. The van der Waals surface area contributed by atoms with Gasteiger partial charge in [0.15, 0.2) is 5.96 Å². The molecule has 25 heavy (non-hydrogen) atoms. The second kappa shape index (κ2) is 10.6. The van der Waals surface area contributed by atoms with Crippen molar-refractivity contribution in [2.24, 2.45) is 4.99 Å². The van der Waals surface area contributed by atoms with Crippen molar-refractivity contribution < 1.29 is 4.79 Å². The average molecular weight is 345 g/mol. The minimum atomic E-state index is 0.124. The lowest BCUT2D eigenvalue weighted by Gasteiger charge is -2.19. The van der Waals surface area contributed by atoms with Crippen molar-refractivity contribution in [2.45, 2.75) is 26.2 Å². The van der Waals surface area contributed by atoms with Gasteiger partial charge in [-0.25, -0.2) is 4.99 Å². The summed E-state index contributed by atoms with van der Waals surface area (Å²) in [4.78, 5) is 20.7. The molecule has 0 aromatic heterocycles. The van der Waals surface area contributed by atoms with Crippen LogP contribution in [-0.2, 0) is 4.79 Å². The van der Waals surface area contributed by atoms with Crippen LogP contribution in [0.25, 0.3) is 0 Å². The monoisotopic (exact) mass is 345 g/mol. The highest BCUT2D eigenvalue weighted by molar-refractivity contribution is 5.85. The molecule has 0 unspecified atom stereocenters. The lowest BCUT2D eigenvalue weighted by Crippen LogP contribution is -2.40. The molecule has 1 aromatic rings. The molecule has 6 nitrogen and oxygen atoms in total. The van der Waals surface area contributed by atoms with Gasteiger partial charge >= 0.3 is 0 Å². The van der Waals surface area contributed by atoms with Crippen molar-refractivity contribution >= 4 is 17.6 Å². The fraction of sp³-hybridized carbons (Fsp3) is 0.579. The zero-order valence-electron chi connectivity index (χ0n) is 15.5. The molecule has 138 valence electrons. The molecule has 0 radical (unpaired) electrons. The van der Waals surface area contributed by atoms with Crippen molar-refractivity contribution in [2.75, 3.05) is 51.2 Å². The fourth-order valence-corrected chi connectivity index (χ4v) is 2.89. The van der Waals surface area contributed by atoms with E-state index in [1.54, 1.807) is 0 Å². The molecule has 1 aromatic carbocycles. The molecule has 0 aliphatic carbocycles. The van der Waals surface area contributed by atoms with E-state index in [9.17, 15) is 4.79 Å². The van der Waals surface area contributed by atoms with Crippen LogP contribution in [0.1, 0.15) is 26.2 Å². The molecule has 1 saturated heterocycles. The van der Waals surface area contributed by atoms with Crippen molar-refractivity contribution in [3.05, 3.63) is 30.3 Å². The highest BCUT2D eigenvalue weighted by Crippen LogP contribution is 2.10. The third-order valence-electron chi connectivity index (χ3n) is 4.34. The number of hydrogen-bond acceptors (Lipinski definition) is 3. The van der Waals surface area contributed by atoms with Gasteiger partial charge < -0.3 is 20.4 Å². The van der Waals surface area contributed by atoms with E-state index in [1.165, 1.54) is 5.69 Å². The number of likely N-dealkylation sites (tertiary alicyclic amines) is 1. The van der Waals surface area contributed by atoms with Crippen molar-refractivity contribution in [3.8, 4) is 0 Å². The van der Waals surface area contributed by atoms with Crippen LogP contribution in [0.2, 0.25) is 0 Å². The molecule has 0 spiro atoms. The van der Waals surface area contributed by atoms with Crippen LogP contribution >= 0.6 is 0 Å². The Labute approximate surface area is 151 Å². The van der Waals surface area contributed by atoms with Gasteiger partial charge in [-0.3, -0.25) is 4.79 Å². The molecule has 0 atom stereocenters. The summed E-state index contributed by atoms with van der Waals surface area (Å²) in [5, 5.41) is 6.52. The number of carbonyl (C=O) groups is 1. The van der Waals surface area contributed by atoms with Gasteiger partial charge in [0.1, 0.15) is 6.54 Å². The first kappa shape index (κ1) is 19.1. The Morgan fingerprint density at radius 3 is 2.60 bits per heavy atom. The van der Waals surface area contributed by atoms with E-state index in [0.29, 0.717) is 0 Å². The van der Waals surface area contributed by atoms with Gasteiger partial charge in [0, 0.05) is 45.5 Å². The van der Waals surface area contributed by atoms with E-state index >= 15 is 0 Å². The average Bonchev–Trinajstić information content (AvgIpc) is 3.18. The van der Waals surface area contributed by atoms with Crippen LogP contribution in [0.4, 0.5) is 5.69 Å². The van der Waals surface area contributed by atoms with Gasteiger partial charge in [-0.15, -0.1) is 0 Å². The molecule has 1 aliphatic rings. The summed E-state index contributed by atoms with van der Waals surface area (Å²) in [7, 11) is 2.10. The van der Waals surface area contributed by atoms with E-state index in [2.05, 4.69) is 51.8 Å². The molecule has 6 heteroatoms. The van der Waals surface area contributed by atoms with Crippen LogP contribution < -0.4 is 15.5 Å². The van der Waals surface area contributed by atoms with Gasteiger partial charge in [-0.1, -0.05) is 18.2 Å². The van der Waals surface area contributed by atoms with Gasteiger partial charge in [-0.2, -0.15) is 0 Å². The number of benzene rings is 1. The lowest BCUT2D eigenvalue weighted by molar-refractivity contribution is -0.128. The number of aliphatic imine (C=N–C) groups is 1. The quantitative estimate of drug-likeness (QED) is 0.428. The predicted molar refractivity (Wildman–Crippen MR) is 104 cm³/mol. The first-order valence-corrected chi connectivity index (χ1v) is 9.27. The SMILES string of the molecule is CCNC(=NCC(=O)N1CCCC1)NCCCN(C)c1ccccc1. The van der Waals surface area contributed by atoms with Gasteiger partial charge in [-0.05, 0) is 38.3 Å². The minimum absolute atomic E-state index is 0.124. The minimum Gasteiger partial charge on any atom is -0.375 e. The van der Waals surface area contributed by atoms with Crippen LogP contribution in [0, 0.1) is 0 Å². The summed E-state index contributed by atoms with van der Waals surface area (Å²) in [5.41, 5.74) is 1.22. The lowest BCUT2D eigenvalue weighted by atomic mass is 10.3. The highest BCUT2D eigenvalue weighted by atomic mass is 16.2. The molecular formula is C19H31N5O. The molecule has 1 amide bonds. The Balaban J connectivity index is 1.71. The Morgan fingerprint density at radius 1 is 1.20 bits per heavy atom. The number of carbonyl (C=O) groups excluding carboxylic acids is 1. The smallest absolute Gasteiger partial charge is 0.244 e. The number of nitrogens with zero attached hydrogens (tertiary/aromatic N) is 3. The molecule has 0 saturated carbocycles. The van der Waals surface area contributed by atoms with Crippen LogP contribution in [-0.4, -0.2) is 63.1 Å². The maximum absolute atomic E-state index is 12.1. The van der Waals surface area contributed by atoms with Crippen LogP contribution in [0.5, 0.6) is 0 Å². The first-order valence-electron chi connectivity index (χ1n) is 9.27. The van der Waals surface area contributed by atoms with E-state index in [4.69, 9.17) is 0 Å². The van der Waals surface area contributed by atoms with E-state index in [0.717, 1.165) is 57.9 Å². The summed E-state index contributed by atoms with van der Waals surface area (Å²) in [5.74, 6) is 0.843. The number of nitrogens with one attached hydrogen (secondary N) is 2. The van der Waals surface area contributed by atoms with E-state index in [-0.39, 0.29) is 12.5 Å². The molecule has 1 aliphatic heterocycles. The second-order valence-corrected chi connectivity index (χ2v) is 6.32. The van der Waals surface area contributed by atoms with E-state index in [1.807, 2.05) is 17.9 Å². The number of para-hydroxylation sites is 1. The number of guanidine groups is 1.